The van der Waals surface area contributed by atoms with Crippen LogP contribution < -0.4 is 9.47 Å². The van der Waals surface area contributed by atoms with E-state index in [1.165, 1.54) is 24.0 Å². The molecule has 1 fully saturated rings. The monoisotopic (exact) mass is 398 g/mol. The number of rotatable bonds is 8. The van der Waals surface area contributed by atoms with Crippen molar-refractivity contribution in [2.45, 2.75) is 45.4 Å². The maximum Gasteiger partial charge on any atom is 0.119 e. The molecule has 0 aromatic heterocycles. The molecule has 0 bridgehead atoms. The van der Waals surface area contributed by atoms with Crippen molar-refractivity contribution in [1.29, 1.82) is 0 Å². The smallest absolute Gasteiger partial charge is 0.119 e. The molecule has 29 heavy (non-hydrogen) atoms. The van der Waals surface area contributed by atoms with Gasteiger partial charge in [-0.1, -0.05) is 45.0 Å². The van der Waals surface area contributed by atoms with Crippen molar-refractivity contribution < 1.29 is 19.7 Å². The van der Waals surface area contributed by atoms with Crippen LogP contribution in [-0.2, 0) is 5.41 Å². The Labute approximate surface area is 174 Å². The van der Waals surface area contributed by atoms with Crippen LogP contribution in [0.3, 0.4) is 0 Å². The molecular formula is C25H34O4. The van der Waals surface area contributed by atoms with Crippen LogP contribution in [0.2, 0.25) is 0 Å². The lowest BCUT2D eigenvalue weighted by Gasteiger charge is -2.53. The zero-order valence-electron chi connectivity index (χ0n) is 17.9. The Morgan fingerprint density at radius 2 is 1.28 bits per heavy atom. The van der Waals surface area contributed by atoms with Crippen molar-refractivity contribution in [3.63, 3.8) is 0 Å². The molecule has 1 saturated carbocycles. The molecule has 3 rings (SSSR count). The molecule has 1 aliphatic carbocycles. The van der Waals surface area contributed by atoms with Crippen molar-refractivity contribution in [3.8, 4) is 11.5 Å². The lowest BCUT2D eigenvalue weighted by molar-refractivity contribution is 0.0928. The predicted molar refractivity (Wildman–Crippen MR) is 116 cm³/mol. The molecule has 158 valence electrons. The Morgan fingerprint density at radius 3 is 1.66 bits per heavy atom. The average Bonchev–Trinajstić information content (AvgIpc) is 2.71. The lowest BCUT2D eigenvalue weighted by Crippen LogP contribution is -2.47. The molecule has 0 amide bonds. The van der Waals surface area contributed by atoms with E-state index in [4.69, 9.17) is 19.7 Å². The van der Waals surface area contributed by atoms with Gasteiger partial charge in [0.1, 0.15) is 24.7 Å². The summed E-state index contributed by atoms with van der Waals surface area (Å²) in [5.74, 6) is 2.28. The number of hydrogen-bond acceptors (Lipinski definition) is 4. The van der Waals surface area contributed by atoms with Crippen molar-refractivity contribution >= 4 is 0 Å². The fourth-order valence-corrected chi connectivity index (χ4v) is 5.18. The van der Waals surface area contributed by atoms with Gasteiger partial charge in [-0.3, -0.25) is 0 Å². The first-order valence-electron chi connectivity index (χ1n) is 10.6. The number of aliphatic hydroxyl groups excluding tert-OH is 2. The summed E-state index contributed by atoms with van der Waals surface area (Å²) in [7, 11) is 0. The first kappa shape index (κ1) is 21.7. The van der Waals surface area contributed by atoms with Gasteiger partial charge in [0, 0.05) is 5.41 Å². The van der Waals surface area contributed by atoms with Gasteiger partial charge in [0.15, 0.2) is 0 Å². The SMILES string of the molecule is CC1CCC(c2ccc(OCCO)cc2)(c2ccc(OCCO)cc2)C(C)(C)C1. The standard InChI is InChI=1S/C25H34O4/c1-19-12-13-25(24(2,3)18-19,20-4-8-22(9-5-20)28-16-14-26)21-6-10-23(11-7-21)29-17-15-27/h4-11,19,26-27H,12-18H2,1-3H3. The third kappa shape index (κ3) is 4.44. The van der Waals surface area contributed by atoms with Gasteiger partial charge in [-0.15, -0.1) is 0 Å². The van der Waals surface area contributed by atoms with E-state index in [0.29, 0.717) is 19.1 Å². The predicted octanol–water partition coefficient (Wildman–Crippen LogP) is 4.56. The van der Waals surface area contributed by atoms with Crippen LogP contribution in [0.15, 0.2) is 48.5 Å². The van der Waals surface area contributed by atoms with E-state index in [1.807, 2.05) is 24.3 Å². The van der Waals surface area contributed by atoms with E-state index in [0.717, 1.165) is 17.9 Å². The van der Waals surface area contributed by atoms with Gasteiger partial charge in [-0.2, -0.15) is 0 Å². The second-order valence-corrected chi connectivity index (χ2v) is 8.83. The molecule has 0 saturated heterocycles. The molecular weight excluding hydrogens is 364 g/mol. The highest BCUT2D eigenvalue weighted by Gasteiger charge is 2.50. The molecule has 1 aliphatic rings. The third-order valence-corrected chi connectivity index (χ3v) is 6.44. The molecule has 2 aromatic carbocycles. The first-order valence-corrected chi connectivity index (χ1v) is 10.6. The third-order valence-electron chi connectivity index (χ3n) is 6.44. The van der Waals surface area contributed by atoms with Gasteiger partial charge < -0.3 is 19.7 Å². The second kappa shape index (κ2) is 9.19. The molecule has 1 atom stereocenters. The van der Waals surface area contributed by atoms with Crippen molar-refractivity contribution in [2.24, 2.45) is 11.3 Å². The van der Waals surface area contributed by atoms with E-state index in [-0.39, 0.29) is 24.0 Å². The molecule has 0 radical (unpaired) electrons. The van der Waals surface area contributed by atoms with Crippen LogP contribution in [0.25, 0.3) is 0 Å². The summed E-state index contributed by atoms with van der Waals surface area (Å²) in [5, 5.41) is 18.0. The van der Waals surface area contributed by atoms with Crippen LogP contribution in [0, 0.1) is 11.3 Å². The average molecular weight is 399 g/mol. The molecule has 4 nitrogen and oxygen atoms in total. The van der Waals surface area contributed by atoms with E-state index >= 15 is 0 Å². The molecule has 2 N–H and O–H groups in total. The summed E-state index contributed by atoms with van der Waals surface area (Å²) < 4.78 is 11.1. The molecule has 0 aliphatic heterocycles. The highest BCUT2D eigenvalue weighted by Crippen LogP contribution is 2.57. The Kier molecular flexibility index (Phi) is 6.86. The van der Waals surface area contributed by atoms with Gasteiger partial charge in [-0.25, -0.2) is 0 Å². The van der Waals surface area contributed by atoms with Gasteiger partial charge in [-0.05, 0) is 66.0 Å². The van der Waals surface area contributed by atoms with Gasteiger partial charge in [0.25, 0.3) is 0 Å². The lowest BCUT2D eigenvalue weighted by atomic mass is 9.50. The normalized spacial score (nSPS) is 20.2. The molecule has 1 unspecified atom stereocenters. The maximum absolute atomic E-state index is 9.00. The van der Waals surface area contributed by atoms with Crippen LogP contribution in [0.5, 0.6) is 11.5 Å². The van der Waals surface area contributed by atoms with E-state index < -0.39 is 0 Å². The largest absolute Gasteiger partial charge is 0.491 e. The number of benzene rings is 2. The Balaban J connectivity index is 2.01. The molecule has 0 spiro atoms. The van der Waals surface area contributed by atoms with Crippen LogP contribution in [0.1, 0.15) is 51.2 Å². The fraction of sp³-hybridized carbons (Fsp3) is 0.520. The van der Waals surface area contributed by atoms with Crippen molar-refractivity contribution in [1.82, 2.24) is 0 Å². The zero-order valence-corrected chi connectivity index (χ0v) is 17.9. The first-order chi connectivity index (χ1) is 13.9. The number of ether oxygens (including phenoxy) is 2. The topological polar surface area (TPSA) is 58.9 Å². The van der Waals surface area contributed by atoms with Gasteiger partial charge >= 0.3 is 0 Å². The number of hydrogen-bond donors (Lipinski definition) is 2. The molecule has 0 heterocycles. The summed E-state index contributed by atoms with van der Waals surface area (Å²) in [6, 6.07) is 16.8. The van der Waals surface area contributed by atoms with E-state index in [1.54, 1.807) is 0 Å². The van der Waals surface area contributed by atoms with E-state index in [9.17, 15) is 0 Å². The van der Waals surface area contributed by atoms with Crippen LogP contribution in [0.4, 0.5) is 0 Å². The second-order valence-electron chi connectivity index (χ2n) is 8.83. The van der Waals surface area contributed by atoms with Crippen molar-refractivity contribution in [2.75, 3.05) is 26.4 Å². The fourth-order valence-electron chi connectivity index (χ4n) is 5.18. The zero-order chi connectivity index (χ0) is 20.9. The summed E-state index contributed by atoms with van der Waals surface area (Å²) in [4.78, 5) is 0. The van der Waals surface area contributed by atoms with E-state index in [2.05, 4.69) is 45.0 Å². The highest BCUT2D eigenvalue weighted by molar-refractivity contribution is 5.46. The molecule has 2 aromatic rings. The summed E-state index contributed by atoms with van der Waals surface area (Å²) in [5.41, 5.74) is 2.60. The minimum Gasteiger partial charge on any atom is -0.491 e. The van der Waals surface area contributed by atoms with Crippen molar-refractivity contribution in [3.05, 3.63) is 59.7 Å². The van der Waals surface area contributed by atoms with Gasteiger partial charge in [0.05, 0.1) is 13.2 Å². The Hall–Kier alpha value is -2.04. The maximum atomic E-state index is 9.00. The quantitative estimate of drug-likeness (QED) is 0.684. The minimum absolute atomic E-state index is 0.0152. The summed E-state index contributed by atoms with van der Waals surface area (Å²) in [6.07, 6.45) is 3.45. The summed E-state index contributed by atoms with van der Waals surface area (Å²) >= 11 is 0. The highest BCUT2D eigenvalue weighted by atomic mass is 16.5. The summed E-state index contributed by atoms with van der Waals surface area (Å²) in [6.45, 7) is 7.77. The Bertz CT molecular complexity index is 713. The minimum atomic E-state index is -0.0927. The van der Waals surface area contributed by atoms with Gasteiger partial charge in [0.2, 0.25) is 0 Å². The van der Waals surface area contributed by atoms with Crippen LogP contribution >= 0.6 is 0 Å². The molecule has 4 heteroatoms. The van der Waals surface area contributed by atoms with Crippen LogP contribution in [-0.4, -0.2) is 36.6 Å². The number of aliphatic hydroxyl groups is 2. The Morgan fingerprint density at radius 1 is 0.828 bits per heavy atom.